The average Bonchev–Trinajstić information content (AvgIpc) is 2.99. The van der Waals surface area contributed by atoms with Crippen LogP contribution in [0.2, 0.25) is 0 Å². The van der Waals surface area contributed by atoms with Crippen molar-refractivity contribution in [2.24, 2.45) is 0 Å². The fourth-order valence-electron chi connectivity index (χ4n) is 4.34. The molecular formula is C17H33N3O. The maximum atomic E-state index is 6.24. The summed E-state index contributed by atoms with van der Waals surface area (Å²) in [6, 6.07) is 1.64. The minimum atomic E-state index is 0.452. The van der Waals surface area contributed by atoms with E-state index in [1.807, 2.05) is 0 Å². The first-order valence-electron chi connectivity index (χ1n) is 9.06. The molecule has 0 aromatic heterocycles. The van der Waals surface area contributed by atoms with Crippen molar-refractivity contribution in [1.29, 1.82) is 0 Å². The number of fused-ring (bicyclic) bond motifs is 2. The van der Waals surface area contributed by atoms with Crippen LogP contribution in [-0.4, -0.2) is 73.9 Å². The lowest BCUT2D eigenvalue weighted by Crippen LogP contribution is -2.40. The normalized spacial score (nSPS) is 38.0. The summed E-state index contributed by atoms with van der Waals surface area (Å²) in [7, 11) is 2.33. The van der Waals surface area contributed by atoms with Gasteiger partial charge in [-0.15, -0.1) is 0 Å². The molecule has 3 aliphatic heterocycles. The molecule has 0 aliphatic carbocycles. The van der Waals surface area contributed by atoms with Gasteiger partial charge in [0.05, 0.1) is 12.2 Å². The quantitative estimate of drug-likeness (QED) is 0.755. The lowest BCUT2D eigenvalue weighted by Gasteiger charge is -2.28. The van der Waals surface area contributed by atoms with Gasteiger partial charge in [-0.2, -0.15) is 0 Å². The molecule has 122 valence electrons. The molecule has 0 radical (unpaired) electrons. The minimum absolute atomic E-state index is 0.452. The van der Waals surface area contributed by atoms with Gasteiger partial charge in [0.1, 0.15) is 0 Å². The molecule has 0 saturated carbocycles. The SMILES string of the molecule is CCCNCC1CCC(CN2CCC3CCC(C2)N3C)O1. The third-order valence-corrected chi connectivity index (χ3v) is 5.69. The highest BCUT2D eigenvalue weighted by Crippen LogP contribution is 2.29. The number of nitrogens with one attached hydrogen (secondary N) is 1. The van der Waals surface area contributed by atoms with E-state index in [0.29, 0.717) is 12.2 Å². The van der Waals surface area contributed by atoms with Crippen LogP contribution in [0.1, 0.15) is 45.4 Å². The minimum Gasteiger partial charge on any atom is -0.372 e. The zero-order valence-electron chi connectivity index (χ0n) is 13.9. The first-order valence-corrected chi connectivity index (χ1v) is 9.06. The first-order chi connectivity index (χ1) is 10.3. The standard InChI is InChI=1S/C17H33N3O/c1-3-9-18-11-16-6-7-17(21-16)13-20-10-8-14-4-5-15(12-20)19(14)2/h14-18H,3-13H2,1-2H3. The molecule has 4 unspecified atom stereocenters. The molecular weight excluding hydrogens is 262 g/mol. The molecule has 3 fully saturated rings. The molecule has 3 aliphatic rings. The highest BCUT2D eigenvalue weighted by atomic mass is 16.5. The molecule has 0 aromatic rings. The molecule has 4 heteroatoms. The molecule has 0 amide bonds. The van der Waals surface area contributed by atoms with Crippen LogP contribution in [0.5, 0.6) is 0 Å². The summed E-state index contributed by atoms with van der Waals surface area (Å²) in [6.07, 6.45) is 8.78. The molecule has 21 heavy (non-hydrogen) atoms. The van der Waals surface area contributed by atoms with Gasteiger partial charge in [-0.3, -0.25) is 9.80 Å². The summed E-state index contributed by atoms with van der Waals surface area (Å²) in [5.74, 6) is 0. The Bertz CT molecular complexity index is 325. The fourth-order valence-corrected chi connectivity index (χ4v) is 4.34. The first kappa shape index (κ1) is 15.7. The van der Waals surface area contributed by atoms with Gasteiger partial charge >= 0.3 is 0 Å². The van der Waals surface area contributed by atoms with Gasteiger partial charge in [0.25, 0.3) is 0 Å². The Morgan fingerprint density at radius 1 is 1.05 bits per heavy atom. The topological polar surface area (TPSA) is 27.7 Å². The number of ether oxygens (including phenoxy) is 1. The monoisotopic (exact) mass is 295 g/mol. The number of hydrogen-bond donors (Lipinski definition) is 1. The Kier molecular flexibility index (Phi) is 5.54. The Hall–Kier alpha value is -0.160. The van der Waals surface area contributed by atoms with Crippen molar-refractivity contribution in [3.05, 3.63) is 0 Å². The van der Waals surface area contributed by atoms with Crippen molar-refractivity contribution in [3.63, 3.8) is 0 Å². The van der Waals surface area contributed by atoms with E-state index in [9.17, 15) is 0 Å². The van der Waals surface area contributed by atoms with Crippen LogP contribution in [-0.2, 0) is 4.74 Å². The third-order valence-electron chi connectivity index (χ3n) is 5.69. The second-order valence-corrected chi connectivity index (χ2v) is 7.26. The summed E-state index contributed by atoms with van der Waals surface area (Å²) >= 11 is 0. The van der Waals surface area contributed by atoms with Crippen LogP contribution < -0.4 is 5.32 Å². The molecule has 2 bridgehead atoms. The number of likely N-dealkylation sites (tertiary alicyclic amines) is 1. The zero-order chi connectivity index (χ0) is 14.7. The Balaban J connectivity index is 1.41. The van der Waals surface area contributed by atoms with Crippen LogP contribution in [0.3, 0.4) is 0 Å². The van der Waals surface area contributed by atoms with Crippen molar-refractivity contribution < 1.29 is 4.74 Å². The van der Waals surface area contributed by atoms with Crippen LogP contribution in [0.15, 0.2) is 0 Å². The molecule has 1 N–H and O–H groups in total. The lowest BCUT2D eigenvalue weighted by atomic mass is 10.1. The van der Waals surface area contributed by atoms with Gasteiger partial charge < -0.3 is 10.1 Å². The maximum absolute atomic E-state index is 6.24. The fraction of sp³-hybridized carbons (Fsp3) is 1.00. The Morgan fingerprint density at radius 3 is 2.71 bits per heavy atom. The summed E-state index contributed by atoms with van der Waals surface area (Å²) in [5.41, 5.74) is 0. The van der Waals surface area contributed by atoms with Gasteiger partial charge in [-0.25, -0.2) is 0 Å². The van der Waals surface area contributed by atoms with Gasteiger partial charge in [0.15, 0.2) is 0 Å². The van der Waals surface area contributed by atoms with Gasteiger partial charge in [-0.05, 0) is 58.7 Å². The molecule has 4 atom stereocenters. The Labute approximate surface area is 130 Å². The maximum Gasteiger partial charge on any atom is 0.0707 e. The van der Waals surface area contributed by atoms with Gasteiger partial charge in [0, 0.05) is 31.7 Å². The average molecular weight is 295 g/mol. The molecule has 0 aromatic carbocycles. The largest absolute Gasteiger partial charge is 0.372 e. The second-order valence-electron chi connectivity index (χ2n) is 7.26. The van der Waals surface area contributed by atoms with Gasteiger partial charge in [-0.1, -0.05) is 6.92 Å². The van der Waals surface area contributed by atoms with Crippen molar-refractivity contribution in [1.82, 2.24) is 15.1 Å². The highest BCUT2D eigenvalue weighted by molar-refractivity contribution is 4.92. The molecule has 0 spiro atoms. The van der Waals surface area contributed by atoms with E-state index >= 15 is 0 Å². The predicted molar refractivity (Wildman–Crippen MR) is 86.7 cm³/mol. The van der Waals surface area contributed by atoms with E-state index in [-0.39, 0.29) is 0 Å². The third kappa shape index (κ3) is 3.98. The molecule has 3 rings (SSSR count). The smallest absolute Gasteiger partial charge is 0.0707 e. The zero-order valence-corrected chi connectivity index (χ0v) is 13.9. The van der Waals surface area contributed by atoms with E-state index in [0.717, 1.165) is 31.7 Å². The van der Waals surface area contributed by atoms with E-state index in [1.165, 1.54) is 51.6 Å². The van der Waals surface area contributed by atoms with Crippen molar-refractivity contribution in [2.75, 3.05) is 39.8 Å². The number of likely N-dealkylation sites (N-methyl/N-ethyl adjacent to an activating group) is 1. The number of nitrogens with zero attached hydrogens (tertiary/aromatic N) is 2. The summed E-state index contributed by atoms with van der Waals surface area (Å²) in [5, 5.41) is 3.49. The van der Waals surface area contributed by atoms with Crippen molar-refractivity contribution >= 4 is 0 Å². The van der Waals surface area contributed by atoms with Crippen LogP contribution >= 0.6 is 0 Å². The summed E-state index contributed by atoms with van der Waals surface area (Å²) in [6.45, 7) is 8.05. The van der Waals surface area contributed by atoms with Crippen LogP contribution in [0.25, 0.3) is 0 Å². The lowest BCUT2D eigenvalue weighted by molar-refractivity contribution is 0.0220. The second kappa shape index (κ2) is 7.40. The molecule has 3 saturated heterocycles. The van der Waals surface area contributed by atoms with Gasteiger partial charge in [0.2, 0.25) is 0 Å². The number of rotatable bonds is 6. The molecule has 3 heterocycles. The summed E-state index contributed by atoms with van der Waals surface area (Å²) in [4.78, 5) is 5.31. The van der Waals surface area contributed by atoms with E-state index in [4.69, 9.17) is 4.74 Å². The predicted octanol–water partition coefficient (Wildman–Crippen LogP) is 1.70. The molecule has 4 nitrogen and oxygen atoms in total. The van der Waals surface area contributed by atoms with E-state index < -0.39 is 0 Å². The van der Waals surface area contributed by atoms with E-state index in [1.54, 1.807) is 0 Å². The van der Waals surface area contributed by atoms with Crippen LogP contribution in [0.4, 0.5) is 0 Å². The van der Waals surface area contributed by atoms with E-state index in [2.05, 4.69) is 29.1 Å². The van der Waals surface area contributed by atoms with Crippen LogP contribution in [0, 0.1) is 0 Å². The van der Waals surface area contributed by atoms with Crippen molar-refractivity contribution in [2.45, 2.75) is 69.7 Å². The number of hydrogen-bond acceptors (Lipinski definition) is 4. The summed E-state index contributed by atoms with van der Waals surface area (Å²) < 4.78 is 6.24. The van der Waals surface area contributed by atoms with Crippen molar-refractivity contribution in [3.8, 4) is 0 Å². The Morgan fingerprint density at radius 2 is 1.86 bits per heavy atom. The highest BCUT2D eigenvalue weighted by Gasteiger charge is 2.36.